The molecule has 0 radical (unpaired) electrons. The maximum atomic E-state index is 10.8. The van der Waals surface area contributed by atoms with Gasteiger partial charge in [0.1, 0.15) is 0 Å². The first kappa shape index (κ1) is 25.1. The molecule has 0 unspecified atom stereocenters. The number of rotatable bonds is 4. The molecule has 0 bridgehead atoms. The summed E-state index contributed by atoms with van der Waals surface area (Å²) in [5.41, 5.74) is 7.30. The van der Waals surface area contributed by atoms with Crippen molar-refractivity contribution in [2.45, 2.75) is 58.0 Å². The lowest BCUT2D eigenvalue weighted by Crippen LogP contribution is -2.38. The van der Waals surface area contributed by atoms with Crippen LogP contribution in [0.2, 0.25) is 0 Å². The van der Waals surface area contributed by atoms with Crippen LogP contribution < -0.4 is 10.1 Å². The van der Waals surface area contributed by atoms with Crippen LogP contribution in [0, 0.1) is 0 Å². The van der Waals surface area contributed by atoms with E-state index in [1.165, 1.54) is 32.4 Å². The Morgan fingerprint density at radius 1 is 0.486 bits per heavy atom. The Kier molecular flexibility index (Phi) is 5.93. The zero-order chi connectivity index (χ0) is 26.6. The molecule has 4 heteroatoms. The van der Waals surface area contributed by atoms with E-state index in [0.29, 0.717) is 0 Å². The third kappa shape index (κ3) is 4.01. The van der Waals surface area contributed by atoms with Crippen LogP contribution in [0.1, 0.15) is 63.8 Å². The second-order valence-corrected chi connectivity index (χ2v) is 11.9. The number of fused-ring (bicyclic) bond motifs is 3. The lowest BCUT2D eigenvalue weighted by Gasteiger charge is -2.36. The first-order valence-corrected chi connectivity index (χ1v) is 12.8. The molecule has 2 N–H and O–H groups in total. The summed E-state index contributed by atoms with van der Waals surface area (Å²) in [7, 11) is 0. The highest BCUT2D eigenvalue weighted by molar-refractivity contribution is 5.86. The molecule has 0 aliphatic heterocycles. The van der Waals surface area contributed by atoms with Gasteiger partial charge in [-0.2, -0.15) is 0 Å². The van der Waals surface area contributed by atoms with E-state index in [1.54, 1.807) is 0 Å². The summed E-state index contributed by atoms with van der Waals surface area (Å²) < 4.78 is 0. The van der Waals surface area contributed by atoms with E-state index in [9.17, 15) is 10.4 Å². The lowest BCUT2D eigenvalue weighted by atomic mass is 9.67. The van der Waals surface area contributed by atoms with Crippen molar-refractivity contribution < 1.29 is 10.4 Å². The molecule has 4 aromatic rings. The molecule has 0 aromatic heterocycles. The van der Waals surface area contributed by atoms with E-state index in [4.69, 9.17) is 0 Å². The molecular weight excluding hydrogens is 456 g/mol. The molecule has 0 fully saturated rings. The molecule has 1 aliphatic carbocycles. The predicted octanol–water partition coefficient (Wildman–Crippen LogP) is 8.04. The third-order valence-electron chi connectivity index (χ3n) is 7.31. The maximum absolute atomic E-state index is 10.8. The predicted molar refractivity (Wildman–Crippen MR) is 152 cm³/mol. The van der Waals surface area contributed by atoms with Gasteiger partial charge in [0.25, 0.3) is 0 Å². The summed E-state index contributed by atoms with van der Waals surface area (Å²) >= 11 is 0. The van der Waals surface area contributed by atoms with Crippen LogP contribution in [0.15, 0.2) is 97.1 Å². The van der Waals surface area contributed by atoms with Gasteiger partial charge in [-0.05, 0) is 99.2 Å². The molecule has 0 amide bonds. The van der Waals surface area contributed by atoms with Gasteiger partial charge in [0.05, 0.1) is 27.9 Å². The molecular formula is C33H36N2O2. The summed E-state index contributed by atoms with van der Waals surface area (Å²) in [6, 6.07) is 33.7. The van der Waals surface area contributed by atoms with E-state index in [1.807, 2.05) is 65.8 Å². The summed E-state index contributed by atoms with van der Waals surface area (Å²) in [5.74, 6) is 0. The minimum Gasteiger partial charge on any atom is -0.288 e. The third-order valence-corrected chi connectivity index (χ3v) is 7.31. The molecule has 4 nitrogen and oxygen atoms in total. The smallest absolute Gasteiger partial charge is 0.0713 e. The normalized spacial score (nSPS) is 14.2. The Morgan fingerprint density at radius 3 is 1.14 bits per heavy atom. The second-order valence-electron chi connectivity index (χ2n) is 11.9. The van der Waals surface area contributed by atoms with Crippen LogP contribution in [0.4, 0.5) is 11.4 Å². The number of benzene rings is 4. The Bertz CT molecular complexity index is 1300. The van der Waals surface area contributed by atoms with Crippen molar-refractivity contribution in [3.05, 3.63) is 119 Å². The SMILES string of the molecule is CC(C)(C)N(O)c1ccc(C2(c3ccc(N(O)C(C)(C)C)cc3)c3ccccc3-c3ccccc32)cc1. The van der Waals surface area contributed by atoms with E-state index in [0.717, 1.165) is 22.5 Å². The fourth-order valence-electron chi connectivity index (χ4n) is 5.50. The van der Waals surface area contributed by atoms with E-state index < -0.39 is 16.5 Å². The van der Waals surface area contributed by atoms with Crippen molar-refractivity contribution >= 4 is 11.4 Å². The first-order valence-electron chi connectivity index (χ1n) is 12.8. The summed E-state index contributed by atoms with van der Waals surface area (Å²) in [6.45, 7) is 11.9. The minimum absolute atomic E-state index is 0.412. The van der Waals surface area contributed by atoms with Crippen LogP contribution in [-0.2, 0) is 5.41 Å². The van der Waals surface area contributed by atoms with E-state index in [-0.39, 0.29) is 0 Å². The molecule has 0 spiro atoms. The van der Waals surface area contributed by atoms with Gasteiger partial charge in [0.15, 0.2) is 0 Å². The lowest BCUT2D eigenvalue weighted by molar-refractivity contribution is 0.181. The largest absolute Gasteiger partial charge is 0.288 e. The van der Waals surface area contributed by atoms with Gasteiger partial charge < -0.3 is 0 Å². The maximum Gasteiger partial charge on any atom is 0.0713 e. The minimum atomic E-state index is -0.533. The van der Waals surface area contributed by atoms with Gasteiger partial charge >= 0.3 is 0 Å². The zero-order valence-electron chi connectivity index (χ0n) is 22.5. The number of hydrogen-bond acceptors (Lipinski definition) is 4. The molecule has 0 saturated carbocycles. The molecule has 4 aromatic carbocycles. The van der Waals surface area contributed by atoms with Gasteiger partial charge in [-0.1, -0.05) is 72.8 Å². The number of nitrogens with zero attached hydrogens (tertiary/aromatic N) is 2. The average Bonchev–Trinajstić information content (AvgIpc) is 3.18. The van der Waals surface area contributed by atoms with Gasteiger partial charge in [0.2, 0.25) is 0 Å². The van der Waals surface area contributed by atoms with Crippen molar-refractivity contribution in [3.63, 3.8) is 0 Å². The monoisotopic (exact) mass is 492 g/mol. The Hall–Kier alpha value is -3.60. The number of hydroxylamine groups is 2. The molecule has 190 valence electrons. The van der Waals surface area contributed by atoms with Crippen molar-refractivity contribution in [1.82, 2.24) is 0 Å². The van der Waals surface area contributed by atoms with Crippen LogP contribution in [-0.4, -0.2) is 21.5 Å². The van der Waals surface area contributed by atoms with Crippen LogP contribution >= 0.6 is 0 Å². The molecule has 0 atom stereocenters. The molecule has 1 aliphatic rings. The Labute approximate surface area is 220 Å². The molecule has 0 saturated heterocycles. The fraction of sp³-hybridized carbons (Fsp3) is 0.273. The fourth-order valence-corrected chi connectivity index (χ4v) is 5.50. The quantitative estimate of drug-likeness (QED) is 0.249. The van der Waals surface area contributed by atoms with Crippen LogP contribution in [0.5, 0.6) is 0 Å². The second kappa shape index (κ2) is 8.76. The summed E-state index contributed by atoms with van der Waals surface area (Å²) in [6.07, 6.45) is 0. The van der Waals surface area contributed by atoms with Gasteiger partial charge in [-0.15, -0.1) is 0 Å². The van der Waals surface area contributed by atoms with Gasteiger partial charge in [-0.3, -0.25) is 20.5 Å². The molecule has 5 rings (SSSR count). The van der Waals surface area contributed by atoms with E-state index in [2.05, 4.69) is 72.8 Å². The van der Waals surface area contributed by atoms with Crippen LogP contribution in [0.25, 0.3) is 11.1 Å². The Balaban J connectivity index is 1.75. The Morgan fingerprint density at radius 2 is 0.811 bits per heavy atom. The average molecular weight is 493 g/mol. The molecule has 0 heterocycles. The zero-order valence-corrected chi connectivity index (χ0v) is 22.5. The summed E-state index contributed by atoms with van der Waals surface area (Å²) in [5, 5.41) is 24.2. The first-order chi connectivity index (χ1) is 17.5. The van der Waals surface area contributed by atoms with Gasteiger partial charge in [-0.25, -0.2) is 0 Å². The highest BCUT2D eigenvalue weighted by atomic mass is 16.5. The van der Waals surface area contributed by atoms with Gasteiger partial charge in [0, 0.05) is 0 Å². The number of hydrogen-bond donors (Lipinski definition) is 2. The van der Waals surface area contributed by atoms with E-state index >= 15 is 0 Å². The summed E-state index contributed by atoms with van der Waals surface area (Å²) in [4.78, 5) is 0. The highest BCUT2D eigenvalue weighted by Crippen LogP contribution is 2.56. The standard InChI is InChI=1S/C33H36N2O2/c1-31(2,3)34(36)25-19-15-23(16-20-25)33(24-17-21-26(22-18-24)35(37)32(4,5)6)29-13-9-7-11-27(29)28-12-8-10-14-30(28)33/h7-22,36-37H,1-6H3. The van der Waals surface area contributed by atoms with Crippen molar-refractivity contribution in [1.29, 1.82) is 0 Å². The van der Waals surface area contributed by atoms with Crippen LogP contribution in [0.3, 0.4) is 0 Å². The topological polar surface area (TPSA) is 46.9 Å². The molecule has 37 heavy (non-hydrogen) atoms. The highest BCUT2D eigenvalue weighted by Gasteiger charge is 2.46. The van der Waals surface area contributed by atoms with Crippen molar-refractivity contribution in [3.8, 4) is 11.1 Å². The number of anilines is 2. The van der Waals surface area contributed by atoms with Crippen molar-refractivity contribution in [2.24, 2.45) is 0 Å². The van der Waals surface area contributed by atoms with Crippen molar-refractivity contribution in [2.75, 3.05) is 10.1 Å².